The number of rotatable bonds is 5. The fraction of sp³-hybridized carbons (Fsp3) is 0. The number of carbonyl (C=O) groups is 2. The van der Waals surface area contributed by atoms with E-state index in [4.69, 9.17) is 9.15 Å². The molecule has 6 nitrogen and oxygen atoms in total. The van der Waals surface area contributed by atoms with Gasteiger partial charge in [0.25, 0.3) is 5.91 Å². The van der Waals surface area contributed by atoms with Crippen LogP contribution >= 0.6 is 0 Å². The molecule has 160 valence electrons. The second kappa shape index (κ2) is 8.80. The van der Waals surface area contributed by atoms with Crippen molar-refractivity contribution in [1.29, 1.82) is 0 Å². The molecule has 0 aliphatic rings. The highest BCUT2D eigenvalue weighted by Crippen LogP contribution is 2.34. The minimum absolute atomic E-state index is 0.256. The number of oxazole rings is 1. The van der Waals surface area contributed by atoms with E-state index in [2.05, 4.69) is 10.3 Å². The average molecular weight is 434 g/mol. The lowest BCUT2D eigenvalue weighted by Gasteiger charge is -2.11. The van der Waals surface area contributed by atoms with Crippen LogP contribution in [0.2, 0.25) is 0 Å². The predicted molar refractivity (Wildman–Crippen MR) is 125 cm³/mol. The number of nitrogens with one attached hydrogen (secondary N) is 1. The first-order chi connectivity index (χ1) is 16.2. The topological polar surface area (TPSA) is 81.4 Å². The van der Waals surface area contributed by atoms with Crippen molar-refractivity contribution in [3.05, 3.63) is 114 Å². The van der Waals surface area contributed by atoms with Crippen molar-refractivity contribution in [3.63, 3.8) is 0 Å². The molecule has 6 heteroatoms. The SMILES string of the molecule is O=C(Nc1ccc(OC(=O)c2ccccc2)c(-c2nc3ccccc3o2)c1)c1ccccc1. The molecule has 0 atom stereocenters. The number of hydrogen-bond acceptors (Lipinski definition) is 5. The monoisotopic (exact) mass is 434 g/mol. The van der Waals surface area contributed by atoms with Crippen LogP contribution in [0.3, 0.4) is 0 Å². The molecule has 5 rings (SSSR count). The van der Waals surface area contributed by atoms with Crippen LogP contribution in [0.1, 0.15) is 20.7 Å². The molecule has 1 heterocycles. The number of fused-ring (bicyclic) bond motifs is 1. The Balaban J connectivity index is 1.52. The van der Waals surface area contributed by atoms with E-state index in [0.717, 1.165) is 0 Å². The number of esters is 1. The Labute approximate surface area is 189 Å². The summed E-state index contributed by atoms with van der Waals surface area (Å²) in [7, 11) is 0. The second-order valence-electron chi connectivity index (χ2n) is 7.27. The summed E-state index contributed by atoms with van der Waals surface area (Å²) < 4.78 is 11.6. The molecule has 0 saturated heterocycles. The summed E-state index contributed by atoms with van der Waals surface area (Å²) in [4.78, 5) is 29.8. The minimum Gasteiger partial charge on any atom is -0.436 e. The molecule has 0 radical (unpaired) electrons. The molecule has 0 aliphatic carbocycles. The van der Waals surface area contributed by atoms with E-state index in [0.29, 0.717) is 33.5 Å². The van der Waals surface area contributed by atoms with E-state index in [9.17, 15) is 9.59 Å². The molecule has 1 N–H and O–H groups in total. The summed E-state index contributed by atoms with van der Waals surface area (Å²) in [6, 6.07) is 29.9. The molecule has 0 aliphatic heterocycles. The van der Waals surface area contributed by atoms with Gasteiger partial charge < -0.3 is 14.5 Å². The van der Waals surface area contributed by atoms with Gasteiger partial charge in [0.15, 0.2) is 5.58 Å². The molecule has 0 spiro atoms. The van der Waals surface area contributed by atoms with Crippen molar-refractivity contribution in [1.82, 2.24) is 4.98 Å². The molecule has 1 amide bonds. The smallest absolute Gasteiger partial charge is 0.343 e. The van der Waals surface area contributed by atoms with Crippen molar-refractivity contribution in [2.24, 2.45) is 0 Å². The third kappa shape index (κ3) is 4.36. The number of para-hydroxylation sites is 2. The Morgan fingerprint density at radius 1 is 0.758 bits per heavy atom. The van der Waals surface area contributed by atoms with Gasteiger partial charge >= 0.3 is 5.97 Å². The van der Waals surface area contributed by atoms with Crippen molar-refractivity contribution < 1.29 is 18.7 Å². The Bertz CT molecular complexity index is 1410. The summed E-state index contributed by atoms with van der Waals surface area (Å²) in [5.41, 5.74) is 3.18. The van der Waals surface area contributed by atoms with Gasteiger partial charge in [0.2, 0.25) is 5.89 Å². The third-order valence-corrected chi connectivity index (χ3v) is 5.01. The van der Waals surface area contributed by atoms with Crippen LogP contribution in [0.25, 0.3) is 22.6 Å². The predicted octanol–water partition coefficient (Wildman–Crippen LogP) is 5.97. The third-order valence-electron chi connectivity index (χ3n) is 5.01. The number of carbonyl (C=O) groups excluding carboxylic acids is 2. The number of anilines is 1. The standard InChI is InChI=1S/C27H18N2O4/c30-25(18-9-3-1-4-10-18)28-20-15-16-23(33-27(31)19-11-5-2-6-12-19)21(17-20)26-29-22-13-7-8-14-24(22)32-26/h1-17H,(H,28,30). The largest absolute Gasteiger partial charge is 0.436 e. The fourth-order valence-electron chi connectivity index (χ4n) is 3.38. The van der Waals surface area contributed by atoms with E-state index in [1.54, 1.807) is 66.7 Å². The van der Waals surface area contributed by atoms with Gasteiger partial charge in [0, 0.05) is 11.3 Å². The molecule has 33 heavy (non-hydrogen) atoms. The van der Waals surface area contributed by atoms with Crippen LogP contribution in [0.15, 0.2) is 108 Å². The number of hydrogen-bond donors (Lipinski definition) is 1. The zero-order chi connectivity index (χ0) is 22.6. The van der Waals surface area contributed by atoms with Crippen LogP contribution < -0.4 is 10.1 Å². The summed E-state index contributed by atoms with van der Waals surface area (Å²) in [6.45, 7) is 0. The molecular weight excluding hydrogens is 416 g/mol. The van der Waals surface area contributed by atoms with Crippen molar-refractivity contribution in [3.8, 4) is 17.2 Å². The number of amides is 1. The van der Waals surface area contributed by atoms with Gasteiger partial charge in [-0.2, -0.15) is 0 Å². The quantitative estimate of drug-likeness (QED) is 0.272. The van der Waals surface area contributed by atoms with E-state index < -0.39 is 5.97 Å². The van der Waals surface area contributed by atoms with Crippen LogP contribution in [0, 0.1) is 0 Å². The average Bonchev–Trinajstić information content (AvgIpc) is 3.30. The fourth-order valence-corrected chi connectivity index (χ4v) is 3.38. The molecule has 1 aromatic heterocycles. The molecular formula is C27H18N2O4. The van der Waals surface area contributed by atoms with E-state index in [1.165, 1.54) is 0 Å². The molecule has 0 bridgehead atoms. The Hall–Kier alpha value is -4.71. The van der Waals surface area contributed by atoms with Crippen molar-refractivity contribution in [2.75, 3.05) is 5.32 Å². The zero-order valence-corrected chi connectivity index (χ0v) is 17.4. The van der Waals surface area contributed by atoms with E-state index >= 15 is 0 Å². The van der Waals surface area contributed by atoms with Gasteiger partial charge in [0.05, 0.1) is 11.1 Å². The Morgan fingerprint density at radius 3 is 2.15 bits per heavy atom. The van der Waals surface area contributed by atoms with Gasteiger partial charge in [-0.15, -0.1) is 0 Å². The van der Waals surface area contributed by atoms with E-state index in [-0.39, 0.29) is 17.5 Å². The van der Waals surface area contributed by atoms with Gasteiger partial charge in [-0.1, -0.05) is 48.5 Å². The summed E-state index contributed by atoms with van der Waals surface area (Å²) in [5, 5.41) is 2.87. The summed E-state index contributed by atoms with van der Waals surface area (Å²) >= 11 is 0. The van der Waals surface area contributed by atoms with Crippen molar-refractivity contribution >= 4 is 28.7 Å². The Kier molecular flexibility index (Phi) is 5.39. The van der Waals surface area contributed by atoms with Crippen LogP contribution in [-0.4, -0.2) is 16.9 Å². The summed E-state index contributed by atoms with van der Waals surface area (Å²) in [6.07, 6.45) is 0. The van der Waals surface area contributed by atoms with Gasteiger partial charge in [-0.3, -0.25) is 4.79 Å². The first-order valence-electron chi connectivity index (χ1n) is 10.3. The number of ether oxygens (including phenoxy) is 1. The Morgan fingerprint density at radius 2 is 1.42 bits per heavy atom. The maximum absolute atomic E-state index is 12.7. The van der Waals surface area contributed by atoms with Crippen LogP contribution in [0.5, 0.6) is 5.75 Å². The van der Waals surface area contributed by atoms with E-state index in [1.807, 2.05) is 36.4 Å². The van der Waals surface area contributed by atoms with Crippen LogP contribution in [0.4, 0.5) is 5.69 Å². The first kappa shape index (κ1) is 20.2. The molecule has 4 aromatic carbocycles. The first-order valence-corrected chi connectivity index (χ1v) is 10.3. The lowest BCUT2D eigenvalue weighted by molar-refractivity contribution is 0.0735. The minimum atomic E-state index is -0.506. The maximum atomic E-state index is 12.7. The normalized spacial score (nSPS) is 10.7. The van der Waals surface area contributed by atoms with Gasteiger partial charge in [-0.05, 0) is 54.6 Å². The number of aromatic nitrogens is 1. The molecule has 0 fully saturated rings. The van der Waals surface area contributed by atoms with Gasteiger partial charge in [-0.25, -0.2) is 9.78 Å². The maximum Gasteiger partial charge on any atom is 0.343 e. The summed E-state index contributed by atoms with van der Waals surface area (Å²) in [5.74, 6) is -0.210. The second-order valence-corrected chi connectivity index (χ2v) is 7.27. The highest BCUT2D eigenvalue weighted by molar-refractivity contribution is 6.04. The highest BCUT2D eigenvalue weighted by Gasteiger charge is 2.18. The highest BCUT2D eigenvalue weighted by atomic mass is 16.5. The van der Waals surface area contributed by atoms with Gasteiger partial charge in [0.1, 0.15) is 11.3 Å². The van der Waals surface area contributed by atoms with Crippen molar-refractivity contribution in [2.45, 2.75) is 0 Å². The zero-order valence-electron chi connectivity index (χ0n) is 17.4. The molecule has 0 saturated carbocycles. The molecule has 0 unspecified atom stereocenters. The lowest BCUT2D eigenvalue weighted by Crippen LogP contribution is -2.12. The molecule has 5 aromatic rings. The van der Waals surface area contributed by atoms with Crippen LogP contribution in [-0.2, 0) is 0 Å². The lowest BCUT2D eigenvalue weighted by atomic mass is 10.1. The number of benzene rings is 4. The number of nitrogens with zero attached hydrogens (tertiary/aromatic N) is 1.